The third-order valence-corrected chi connectivity index (χ3v) is 5.16. The summed E-state index contributed by atoms with van der Waals surface area (Å²) in [6.07, 6.45) is 0. The Morgan fingerprint density at radius 1 is 1.29 bits per heavy atom. The number of piperazine rings is 1. The molecule has 3 aromatic rings. The SMILES string of the molecule is CC1(C)C(=O)NCCN1C(=O)c1cc2nc(-c3ccc(F)cc3)cc(Cl)c2o1. The van der Waals surface area contributed by atoms with Crippen molar-refractivity contribution in [1.29, 1.82) is 0 Å². The first-order valence-corrected chi connectivity index (χ1v) is 9.11. The van der Waals surface area contributed by atoms with Crippen molar-refractivity contribution in [3.05, 3.63) is 53.0 Å². The second-order valence-corrected chi connectivity index (χ2v) is 7.50. The zero-order chi connectivity index (χ0) is 20.1. The van der Waals surface area contributed by atoms with E-state index < -0.39 is 11.4 Å². The molecule has 8 heteroatoms. The van der Waals surface area contributed by atoms with Gasteiger partial charge in [-0.3, -0.25) is 9.59 Å². The van der Waals surface area contributed by atoms with Crippen molar-refractivity contribution in [3.8, 4) is 11.3 Å². The molecular weight excluding hydrogens is 385 g/mol. The third-order valence-electron chi connectivity index (χ3n) is 4.88. The smallest absolute Gasteiger partial charge is 0.290 e. The highest BCUT2D eigenvalue weighted by molar-refractivity contribution is 6.35. The molecule has 1 aliphatic rings. The molecule has 1 fully saturated rings. The van der Waals surface area contributed by atoms with E-state index in [1.807, 2.05) is 0 Å². The number of hydrogen-bond acceptors (Lipinski definition) is 4. The Labute approximate surface area is 165 Å². The van der Waals surface area contributed by atoms with Crippen molar-refractivity contribution in [2.75, 3.05) is 13.1 Å². The lowest BCUT2D eigenvalue weighted by Crippen LogP contribution is -2.63. The van der Waals surface area contributed by atoms with Crippen molar-refractivity contribution in [2.24, 2.45) is 0 Å². The molecule has 1 aliphatic heterocycles. The second-order valence-electron chi connectivity index (χ2n) is 7.09. The van der Waals surface area contributed by atoms with Gasteiger partial charge in [0.15, 0.2) is 11.3 Å². The number of rotatable bonds is 2. The number of nitrogens with one attached hydrogen (secondary N) is 1. The van der Waals surface area contributed by atoms with E-state index in [4.69, 9.17) is 16.0 Å². The predicted octanol–water partition coefficient (Wildman–Crippen LogP) is 3.64. The van der Waals surface area contributed by atoms with Crippen LogP contribution in [0.4, 0.5) is 4.39 Å². The van der Waals surface area contributed by atoms with Crippen LogP contribution >= 0.6 is 11.6 Å². The van der Waals surface area contributed by atoms with Crippen LogP contribution in [0.25, 0.3) is 22.4 Å². The number of pyridine rings is 1. The number of aromatic nitrogens is 1. The van der Waals surface area contributed by atoms with E-state index in [0.717, 1.165) is 0 Å². The summed E-state index contributed by atoms with van der Waals surface area (Å²) in [7, 11) is 0. The number of nitrogens with zero attached hydrogens (tertiary/aromatic N) is 2. The monoisotopic (exact) mass is 401 g/mol. The first-order chi connectivity index (χ1) is 13.3. The predicted molar refractivity (Wildman–Crippen MR) is 103 cm³/mol. The summed E-state index contributed by atoms with van der Waals surface area (Å²) in [5.74, 6) is -0.918. The Bertz CT molecular complexity index is 1090. The summed E-state index contributed by atoms with van der Waals surface area (Å²) < 4.78 is 18.8. The molecule has 28 heavy (non-hydrogen) atoms. The van der Waals surface area contributed by atoms with Crippen LogP contribution in [0.3, 0.4) is 0 Å². The topological polar surface area (TPSA) is 75.4 Å². The molecule has 0 aliphatic carbocycles. The number of carbonyl (C=O) groups is 2. The minimum atomic E-state index is -0.995. The van der Waals surface area contributed by atoms with Crippen LogP contribution in [-0.4, -0.2) is 40.3 Å². The zero-order valence-corrected chi connectivity index (χ0v) is 16.0. The van der Waals surface area contributed by atoms with E-state index in [2.05, 4.69) is 10.3 Å². The molecule has 0 unspecified atom stereocenters. The van der Waals surface area contributed by atoms with E-state index in [-0.39, 0.29) is 23.1 Å². The molecule has 1 aromatic carbocycles. The minimum Gasteiger partial charge on any atom is -0.448 e. The average molecular weight is 402 g/mol. The van der Waals surface area contributed by atoms with Crippen LogP contribution in [0, 0.1) is 5.82 Å². The molecule has 0 saturated carbocycles. The average Bonchev–Trinajstić information content (AvgIpc) is 3.09. The Hall–Kier alpha value is -2.93. The van der Waals surface area contributed by atoms with E-state index in [9.17, 15) is 14.0 Å². The summed E-state index contributed by atoms with van der Waals surface area (Å²) in [6, 6.07) is 8.99. The zero-order valence-electron chi connectivity index (χ0n) is 15.3. The van der Waals surface area contributed by atoms with Gasteiger partial charge >= 0.3 is 0 Å². The number of carbonyl (C=O) groups excluding carboxylic acids is 2. The normalized spacial score (nSPS) is 16.3. The minimum absolute atomic E-state index is 0.0587. The first kappa shape index (κ1) is 18.4. The summed E-state index contributed by atoms with van der Waals surface area (Å²) in [5.41, 5.74) is 0.929. The lowest BCUT2D eigenvalue weighted by atomic mass is 9.98. The lowest BCUT2D eigenvalue weighted by molar-refractivity contribution is -0.133. The van der Waals surface area contributed by atoms with Gasteiger partial charge < -0.3 is 14.6 Å². The molecule has 0 atom stereocenters. The Morgan fingerprint density at radius 3 is 2.71 bits per heavy atom. The van der Waals surface area contributed by atoms with Gasteiger partial charge in [-0.1, -0.05) is 11.6 Å². The van der Waals surface area contributed by atoms with Crippen molar-refractivity contribution < 1.29 is 18.4 Å². The van der Waals surface area contributed by atoms with Gasteiger partial charge in [0.25, 0.3) is 5.91 Å². The van der Waals surface area contributed by atoms with Crippen molar-refractivity contribution in [1.82, 2.24) is 15.2 Å². The van der Waals surface area contributed by atoms with Gasteiger partial charge in [-0.25, -0.2) is 9.37 Å². The molecular formula is C20H17ClFN3O3. The highest BCUT2D eigenvalue weighted by Crippen LogP contribution is 2.31. The van der Waals surface area contributed by atoms with E-state index in [1.165, 1.54) is 23.1 Å². The number of halogens is 2. The molecule has 3 heterocycles. The van der Waals surface area contributed by atoms with E-state index in [0.29, 0.717) is 34.9 Å². The molecule has 0 spiro atoms. The van der Waals surface area contributed by atoms with Crippen molar-refractivity contribution in [3.63, 3.8) is 0 Å². The van der Waals surface area contributed by atoms with Gasteiger partial charge in [0, 0.05) is 24.7 Å². The summed E-state index contributed by atoms with van der Waals surface area (Å²) in [4.78, 5) is 31.0. The molecule has 6 nitrogen and oxygen atoms in total. The van der Waals surface area contributed by atoms with Crippen LogP contribution in [0.5, 0.6) is 0 Å². The van der Waals surface area contributed by atoms with Crippen LogP contribution in [0.15, 0.2) is 40.8 Å². The summed E-state index contributed by atoms with van der Waals surface area (Å²) in [6.45, 7) is 4.11. The lowest BCUT2D eigenvalue weighted by Gasteiger charge is -2.40. The summed E-state index contributed by atoms with van der Waals surface area (Å²) in [5, 5.41) is 3.04. The fraction of sp³-hybridized carbons (Fsp3) is 0.250. The second kappa shape index (κ2) is 6.60. The van der Waals surface area contributed by atoms with E-state index >= 15 is 0 Å². The highest BCUT2D eigenvalue weighted by atomic mass is 35.5. The molecule has 144 valence electrons. The van der Waals surface area contributed by atoms with E-state index in [1.54, 1.807) is 32.0 Å². The van der Waals surface area contributed by atoms with Crippen LogP contribution in [0.1, 0.15) is 24.4 Å². The molecule has 1 N–H and O–H groups in total. The van der Waals surface area contributed by atoms with Gasteiger partial charge in [0.2, 0.25) is 5.91 Å². The standard InChI is InChI=1S/C20H17ClFN3O3/c1-20(2)19(27)23-7-8-25(20)18(26)16-10-15-17(28-16)13(21)9-14(24-15)11-3-5-12(22)6-4-11/h3-6,9-10H,7-8H2,1-2H3,(H,23,27). The van der Waals surface area contributed by atoms with Gasteiger partial charge in [0.1, 0.15) is 16.9 Å². The maximum Gasteiger partial charge on any atom is 0.290 e. The van der Waals surface area contributed by atoms with Gasteiger partial charge in [-0.2, -0.15) is 0 Å². The first-order valence-electron chi connectivity index (χ1n) is 8.73. The molecule has 2 amide bonds. The van der Waals surface area contributed by atoms with Crippen LogP contribution in [0.2, 0.25) is 5.02 Å². The number of hydrogen-bond donors (Lipinski definition) is 1. The fourth-order valence-corrected chi connectivity index (χ4v) is 3.48. The largest absolute Gasteiger partial charge is 0.448 e. The number of amides is 2. The molecule has 0 radical (unpaired) electrons. The Balaban J connectivity index is 1.73. The maximum absolute atomic E-state index is 13.2. The molecule has 2 aromatic heterocycles. The molecule has 0 bridgehead atoms. The summed E-state index contributed by atoms with van der Waals surface area (Å²) >= 11 is 6.33. The Kier molecular flexibility index (Phi) is 4.34. The third kappa shape index (κ3) is 3.01. The number of furan rings is 1. The van der Waals surface area contributed by atoms with Gasteiger partial charge in [-0.15, -0.1) is 0 Å². The fourth-order valence-electron chi connectivity index (χ4n) is 3.25. The Morgan fingerprint density at radius 2 is 2.00 bits per heavy atom. The molecule has 4 rings (SSSR count). The van der Waals surface area contributed by atoms with Crippen molar-refractivity contribution >= 4 is 34.5 Å². The maximum atomic E-state index is 13.2. The number of fused-ring (bicyclic) bond motifs is 1. The highest BCUT2D eigenvalue weighted by Gasteiger charge is 2.41. The van der Waals surface area contributed by atoms with Gasteiger partial charge in [-0.05, 0) is 44.2 Å². The number of benzene rings is 1. The van der Waals surface area contributed by atoms with Crippen molar-refractivity contribution in [2.45, 2.75) is 19.4 Å². The molecule has 1 saturated heterocycles. The van der Waals surface area contributed by atoms with Gasteiger partial charge in [0.05, 0.1) is 10.7 Å². The van der Waals surface area contributed by atoms with Crippen LogP contribution in [-0.2, 0) is 4.79 Å². The van der Waals surface area contributed by atoms with Crippen LogP contribution < -0.4 is 5.32 Å². The quantitative estimate of drug-likeness (QED) is 0.711.